The molecular formula is C9H16Cl2. The third-order valence-corrected chi connectivity index (χ3v) is 3.10. The van der Waals surface area contributed by atoms with Crippen LogP contribution in [0, 0.1) is 5.92 Å². The molecular weight excluding hydrogens is 179 g/mol. The highest BCUT2D eigenvalue weighted by Crippen LogP contribution is 2.30. The van der Waals surface area contributed by atoms with Gasteiger partial charge in [0, 0.05) is 11.3 Å². The van der Waals surface area contributed by atoms with Crippen molar-refractivity contribution < 1.29 is 0 Å². The first kappa shape index (κ1) is 9.67. The summed E-state index contributed by atoms with van der Waals surface area (Å²) in [5, 5.41) is 0.329. The van der Waals surface area contributed by atoms with Gasteiger partial charge in [-0.3, -0.25) is 0 Å². The van der Waals surface area contributed by atoms with Crippen molar-refractivity contribution in [3.63, 3.8) is 0 Å². The second kappa shape index (κ2) is 5.27. The molecule has 0 aromatic rings. The molecule has 0 nitrogen and oxygen atoms in total. The van der Waals surface area contributed by atoms with E-state index in [-0.39, 0.29) is 0 Å². The van der Waals surface area contributed by atoms with Gasteiger partial charge in [-0.1, -0.05) is 25.7 Å². The molecule has 1 aliphatic rings. The van der Waals surface area contributed by atoms with Crippen LogP contribution in [0.3, 0.4) is 0 Å². The molecule has 1 rings (SSSR count). The molecule has 1 unspecified atom stereocenters. The second-order valence-corrected chi connectivity index (χ2v) is 4.46. The van der Waals surface area contributed by atoms with Gasteiger partial charge in [0.05, 0.1) is 0 Å². The molecule has 1 saturated carbocycles. The number of hydrogen-bond acceptors (Lipinski definition) is 0. The van der Waals surface area contributed by atoms with E-state index in [0.717, 1.165) is 12.3 Å². The van der Waals surface area contributed by atoms with E-state index in [9.17, 15) is 0 Å². The minimum Gasteiger partial charge on any atom is -0.127 e. The molecule has 1 fully saturated rings. The monoisotopic (exact) mass is 194 g/mol. The Labute approximate surface area is 79.3 Å². The SMILES string of the molecule is ClCCC(Cl)CC1CCCC1. The van der Waals surface area contributed by atoms with E-state index in [1.807, 2.05) is 0 Å². The van der Waals surface area contributed by atoms with Crippen LogP contribution >= 0.6 is 23.2 Å². The van der Waals surface area contributed by atoms with Crippen LogP contribution in [0.1, 0.15) is 38.5 Å². The Hall–Kier alpha value is 0.580. The summed E-state index contributed by atoms with van der Waals surface area (Å²) in [6.07, 6.45) is 7.77. The maximum Gasteiger partial charge on any atom is 0.0350 e. The minimum absolute atomic E-state index is 0.329. The van der Waals surface area contributed by atoms with Gasteiger partial charge in [-0.05, 0) is 18.8 Å². The third kappa shape index (κ3) is 3.66. The van der Waals surface area contributed by atoms with Crippen LogP contribution < -0.4 is 0 Å². The predicted molar refractivity (Wildman–Crippen MR) is 51.6 cm³/mol. The molecule has 0 spiro atoms. The summed E-state index contributed by atoms with van der Waals surface area (Å²) < 4.78 is 0. The summed E-state index contributed by atoms with van der Waals surface area (Å²) in [6.45, 7) is 0. The van der Waals surface area contributed by atoms with E-state index in [1.165, 1.54) is 32.1 Å². The summed E-state index contributed by atoms with van der Waals surface area (Å²) in [5.74, 6) is 1.61. The largest absolute Gasteiger partial charge is 0.127 e. The molecule has 66 valence electrons. The maximum absolute atomic E-state index is 6.08. The van der Waals surface area contributed by atoms with Crippen LogP contribution in [-0.4, -0.2) is 11.3 Å². The van der Waals surface area contributed by atoms with Crippen LogP contribution in [0.2, 0.25) is 0 Å². The Morgan fingerprint density at radius 3 is 2.45 bits per heavy atom. The average Bonchev–Trinajstić information content (AvgIpc) is 2.40. The normalized spacial score (nSPS) is 22.4. The van der Waals surface area contributed by atoms with Crippen molar-refractivity contribution in [1.82, 2.24) is 0 Å². The first-order valence-corrected chi connectivity index (χ1v) is 5.50. The van der Waals surface area contributed by atoms with Crippen molar-refractivity contribution in [3.8, 4) is 0 Å². The molecule has 1 atom stereocenters. The smallest absolute Gasteiger partial charge is 0.0350 e. The van der Waals surface area contributed by atoms with Gasteiger partial charge in [-0.2, -0.15) is 0 Å². The highest BCUT2D eigenvalue weighted by atomic mass is 35.5. The van der Waals surface area contributed by atoms with Crippen LogP contribution in [0.25, 0.3) is 0 Å². The lowest BCUT2D eigenvalue weighted by molar-refractivity contribution is 0.485. The molecule has 0 aromatic heterocycles. The molecule has 0 N–H and O–H groups in total. The van der Waals surface area contributed by atoms with Crippen LogP contribution in [-0.2, 0) is 0 Å². The van der Waals surface area contributed by atoms with Crippen molar-refractivity contribution in [3.05, 3.63) is 0 Å². The van der Waals surface area contributed by atoms with Crippen molar-refractivity contribution in [2.45, 2.75) is 43.9 Å². The Balaban J connectivity index is 2.08. The highest BCUT2D eigenvalue weighted by Gasteiger charge is 2.18. The van der Waals surface area contributed by atoms with Gasteiger partial charge >= 0.3 is 0 Å². The van der Waals surface area contributed by atoms with E-state index in [2.05, 4.69) is 0 Å². The maximum atomic E-state index is 6.08. The molecule has 0 saturated heterocycles. The average molecular weight is 195 g/mol. The first-order chi connectivity index (χ1) is 5.33. The van der Waals surface area contributed by atoms with E-state index in [4.69, 9.17) is 23.2 Å². The highest BCUT2D eigenvalue weighted by molar-refractivity contribution is 6.22. The zero-order valence-corrected chi connectivity index (χ0v) is 8.37. The number of rotatable bonds is 4. The van der Waals surface area contributed by atoms with Crippen molar-refractivity contribution in [1.29, 1.82) is 0 Å². The minimum atomic E-state index is 0.329. The van der Waals surface area contributed by atoms with Crippen LogP contribution in [0.15, 0.2) is 0 Å². The second-order valence-electron chi connectivity index (χ2n) is 3.46. The molecule has 0 bridgehead atoms. The summed E-state index contributed by atoms with van der Waals surface area (Å²) in [4.78, 5) is 0. The molecule has 0 aromatic carbocycles. The van der Waals surface area contributed by atoms with Gasteiger partial charge < -0.3 is 0 Å². The fraction of sp³-hybridized carbons (Fsp3) is 1.00. The van der Waals surface area contributed by atoms with E-state index >= 15 is 0 Å². The van der Waals surface area contributed by atoms with Gasteiger partial charge in [-0.25, -0.2) is 0 Å². The molecule has 11 heavy (non-hydrogen) atoms. The van der Waals surface area contributed by atoms with Crippen molar-refractivity contribution >= 4 is 23.2 Å². The Morgan fingerprint density at radius 1 is 1.27 bits per heavy atom. The van der Waals surface area contributed by atoms with Crippen LogP contribution in [0.5, 0.6) is 0 Å². The summed E-state index contributed by atoms with van der Waals surface area (Å²) >= 11 is 11.7. The summed E-state index contributed by atoms with van der Waals surface area (Å²) in [6, 6.07) is 0. The topological polar surface area (TPSA) is 0 Å². The quantitative estimate of drug-likeness (QED) is 0.598. The fourth-order valence-electron chi connectivity index (χ4n) is 1.84. The van der Waals surface area contributed by atoms with E-state index in [0.29, 0.717) is 11.3 Å². The zero-order valence-electron chi connectivity index (χ0n) is 6.86. The molecule has 1 aliphatic carbocycles. The summed E-state index contributed by atoms with van der Waals surface area (Å²) in [5.41, 5.74) is 0. The molecule has 0 radical (unpaired) electrons. The van der Waals surface area contributed by atoms with E-state index in [1.54, 1.807) is 0 Å². The lowest BCUT2D eigenvalue weighted by Crippen LogP contribution is -2.06. The number of alkyl halides is 2. The zero-order chi connectivity index (χ0) is 8.10. The fourth-order valence-corrected chi connectivity index (χ4v) is 2.58. The van der Waals surface area contributed by atoms with Gasteiger partial charge in [-0.15, -0.1) is 23.2 Å². The van der Waals surface area contributed by atoms with Crippen LogP contribution in [0.4, 0.5) is 0 Å². The molecule has 2 heteroatoms. The van der Waals surface area contributed by atoms with Gasteiger partial charge in [0.15, 0.2) is 0 Å². The standard InChI is InChI=1S/C9H16Cl2/c10-6-5-9(11)7-8-3-1-2-4-8/h8-9H,1-7H2. The Kier molecular flexibility index (Phi) is 4.63. The number of halogens is 2. The predicted octanol–water partition coefficient (Wildman–Crippen LogP) is 3.80. The van der Waals surface area contributed by atoms with Crippen molar-refractivity contribution in [2.75, 3.05) is 5.88 Å². The lowest BCUT2D eigenvalue weighted by atomic mass is 10.0. The summed E-state index contributed by atoms with van der Waals surface area (Å²) in [7, 11) is 0. The van der Waals surface area contributed by atoms with Gasteiger partial charge in [0.1, 0.15) is 0 Å². The number of hydrogen-bond donors (Lipinski definition) is 0. The van der Waals surface area contributed by atoms with Crippen molar-refractivity contribution in [2.24, 2.45) is 5.92 Å². The molecule has 0 amide bonds. The first-order valence-electron chi connectivity index (χ1n) is 4.53. The molecule has 0 aliphatic heterocycles. The molecule has 0 heterocycles. The Bertz CT molecular complexity index is 97.7. The Morgan fingerprint density at radius 2 is 1.91 bits per heavy atom. The van der Waals surface area contributed by atoms with Gasteiger partial charge in [0.25, 0.3) is 0 Å². The van der Waals surface area contributed by atoms with Gasteiger partial charge in [0.2, 0.25) is 0 Å². The lowest BCUT2D eigenvalue weighted by Gasteiger charge is -2.12. The third-order valence-electron chi connectivity index (χ3n) is 2.49. The van der Waals surface area contributed by atoms with E-state index < -0.39 is 0 Å².